The molecule has 1 atom stereocenters. The van der Waals surface area contributed by atoms with Crippen molar-refractivity contribution in [3.05, 3.63) is 12.7 Å². The Bertz CT molecular complexity index is 561. The zero-order chi connectivity index (χ0) is 13.3. The van der Waals surface area contributed by atoms with Gasteiger partial charge in [-0.05, 0) is 24.8 Å². The number of aromatic nitrogens is 4. The standard InChI is InChI=1S/C13H20N6/c1-13(2)4-3-5-14-9(13)6-15-11-10-12(17-7-16-10)19-8-18-11/h7-9,14H,3-6H2,1-2H3,(H2,15,16,17,18,19). The molecule has 1 aliphatic heterocycles. The first-order valence-electron chi connectivity index (χ1n) is 6.78. The molecule has 0 spiro atoms. The number of hydrogen-bond acceptors (Lipinski definition) is 5. The molecule has 6 nitrogen and oxygen atoms in total. The number of fused-ring (bicyclic) bond motifs is 1. The second-order valence-corrected chi connectivity index (χ2v) is 5.80. The molecule has 0 saturated carbocycles. The van der Waals surface area contributed by atoms with Crippen LogP contribution in [0.1, 0.15) is 26.7 Å². The Kier molecular flexibility index (Phi) is 3.10. The number of nitrogens with one attached hydrogen (secondary N) is 3. The second-order valence-electron chi connectivity index (χ2n) is 5.80. The van der Waals surface area contributed by atoms with Crippen LogP contribution in [-0.4, -0.2) is 39.1 Å². The Morgan fingerprint density at radius 3 is 3.11 bits per heavy atom. The molecule has 0 aliphatic carbocycles. The first kappa shape index (κ1) is 12.3. The maximum absolute atomic E-state index is 4.29. The summed E-state index contributed by atoms with van der Waals surface area (Å²) in [7, 11) is 0. The van der Waals surface area contributed by atoms with Crippen LogP contribution < -0.4 is 10.6 Å². The Morgan fingerprint density at radius 1 is 1.37 bits per heavy atom. The van der Waals surface area contributed by atoms with Gasteiger partial charge >= 0.3 is 0 Å². The lowest BCUT2D eigenvalue weighted by Crippen LogP contribution is -2.50. The van der Waals surface area contributed by atoms with Crippen LogP contribution >= 0.6 is 0 Å². The maximum Gasteiger partial charge on any atom is 0.182 e. The lowest BCUT2D eigenvalue weighted by molar-refractivity contribution is 0.188. The van der Waals surface area contributed by atoms with E-state index in [2.05, 4.69) is 44.4 Å². The van der Waals surface area contributed by atoms with Crippen molar-refractivity contribution in [3.8, 4) is 0 Å². The van der Waals surface area contributed by atoms with E-state index in [-0.39, 0.29) is 0 Å². The van der Waals surface area contributed by atoms with Crippen molar-refractivity contribution in [3.63, 3.8) is 0 Å². The maximum atomic E-state index is 4.29. The molecule has 0 radical (unpaired) electrons. The van der Waals surface area contributed by atoms with Crippen LogP contribution in [0.5, 0.6) is 0 Å². The summed E-state index contributed by atoms with van der Waals surface area (Å²) in [6.45, 7) is 6.59. The van der Waals surface area contributed by atoms with E-state index in [4.69, 9.17) is 0 Å². The molecule has 6 heteroatoms. The normalized spacial score (nSPS) is 22.5. The number of piperidine rings is 1. The summed E-state index contributed by atoms with van der Waals surface area (Å²) in [4.78, 5) is 15.6. The molecule has 2 aromatic rings. The quantitative estimate of drug-likeness (QED) is 0.780. The molecule has 3 N–H and O–H groups in total. The smallest absolute Gasteiger partial charge is 0.182 e. The number of aromatic amines is 1. The molecule has 2 aromatic heterocycles. The predicted molar refractivity (Wildman–Crippen MR) is 75.0 cm³/mol. The molecule has 1 aliphatic rings. The van der Waals surface area contributed by atoms with E-state index in [0.29, 0.717) is 17.1 Å². The topological polar surface area (TPSA) is 78.5 Å². The van der Waals surface area contributed by atoms with Crippen LogP contribution in [0.2, 0.25) is 0 Å². The SMILES string of the molecule is CC1(C)CCCNC1CNc1ncnc2nc[nH]c12. The molecule has 102 valence electrons. The molecule has 1 saturated heterocycles. The van der Waals surface area contributed by atoms with E-state index >= 15 is 0 Å². The number of nitrogens with zero attached hydrogens (tertiary/aromatic N) is 3. The van der Waals surface area contributed by atoms with E-state index in [1.807, 2.05) is 0 Å². The molecule has 0 aromatic carbocycles. The molecule has 3 rings (SSSR count). The van der Waals surface area contributed by atoms with Gasteiger partial charge in [-0.25, -0.2) is 15.0 Å². The highest BCUT2D eigenvalue weighted by molar-refractivity contribution is 5.81. The summed E-state index contributed by atoms with van der Waals surface area (Å²) in [5.41, 5.74) is 1.88. The third-order valence-electron chi connectivity index (χ3n) is 4.03. The molecule has 0 amide bonds. The minimum absolute atomic E-state index is 0.311. The minimum atomic E-state index is 0.311. The third-order valence-corrected chi connectivity index (χ3v) is 4.03. The van der Waals surface area contributed by atoms with Crippen molar-refractivity contribution in [2.75, 3.05) is 18.4 Å². The van der Waals surface area contributed by atoms with E-state index in [1.165, 1.54) is 12.8 Å². The summed E-state index contributed by atoms with van der Waals surface area (Å²) < 4.78 is 0. The Labute approximate surface area is 112 Å². The molecule has 0 bridgehead atoms. The minimum Gasteiger partial charge on any atom is -0.367 e. The second kappa shape index (κ2) is 4.77. The van der Waals surface area contributed by atoms with E-state index in [9.17, 15) is 0 Å². The summed E-state index contributed by atoms with van der Waals surface area (Å²) in [6, 6.07) is 0.453. The van der Waals surface area contributed by atoms with Gasteiger partial charge in [0.1, 0.15) is 11.8 Å². The van der Waals surface area contributed by atoms with E-state index in [1.54, 1.807) is 12.7 Å². The number of H-pyrrole nitrogens is 1. The summed E-state index contributed by atoms with van der Waals surface area (Å²) in [6.07, 6.45) is 5.70. The Hall–Kier alpha value is -1.69. The van der Waals surface area contributed by atoms with Crippen LogP contribution in [0.25, 0.3) is 11.2 Å². The molecular formula is C13H20N6. The average molecular weight is 260 g/mol. The van der Waals surface area contributed by atoms with Gasteiger partial charge in [-0.15, -0.1) is 0 Å². The predicted octanol–water partition coefficient (Wildman–Crippen LogP) is 1.54. The summed E-state index contributed by atoms with van der Waals surface area (Å²) in [5, 5.41) is 7.00. The van der Waals surface area contributed by atoms with Crippen molar-refractivity contribution in [1.82, 2.24) is 25.3 Å². The van der Waals surface area contributed by atoms with Gasteiger partial charge in [-0.2, -0.15) is 0 Å². The highest BCUT2D eigenvalue weighted by Gasteiger charge is 2.31. The first-order chi connectivity index (χ1) is 9.17. The molecule has 1 unspecified atom stereocenters. The first-order valence-corrected chi connectivity index (χ1v) is 6.78. The lowest BCUT2D eigenvalue weighted by atomic mass is 9.77. The highest BCUT2D eigenvalue weighted by atomic mass is 15.1. The lowest BCUT2D eigenvalue weighted by Gasteiger charge is -2.39. The van der Waals surface area contributed by atoms with E-state index in [0.717, 1.165) is 24.4 Å². The van der Waals surface area contributed by atoms with Crippen LogP contribution in [0.3, 0.4) is 0 Å². The molecule has 1 fully saturated rings. The fourth-order valence-corrected chi connectivity index (χ4v) is 2.72. The van der Waals surface area contributed by atoms with Crippen molar-refractivity contribution >= 4 is 17.0 Å². The largest absolute Gasteiger partial charge is 0.367 e. The number of anilines is 1. The Balaban J connectivity index is 1.73. The monoisotopic (exact) mass is 260 g/mol. The number of imidazole rings is 1. The van der Waals surface area contributed by atoms with Crippen molar-refractivity contribution in [2.45, 2.75) is 32.7 Å². The number of rotatable bonds is 3. The van der Waals surface area contributed by atoms with Gasteiger partial charge in [0.15, 0.2) is 11.5 Å². The van der Waals surface area contributed by atoms with E-state index < -0.39 is 0 Å². The van der Waals surface area contributed by atoms with Gasteiger partial charge in [-0.3, -0.25) is 0 Å². The van der Waals surface area contributed by atoms with Gasteiger partial charge in [-0.1, -0.05) is 13.8 Å². The molecule has 3 heterocycles. The molecular weight excluding hydrogens is 240 g/mol. The highest BCUT2D eigenvalue weighted by Crippen LogP contribution is 2.30. The zero-order valence-electron chi connectivity index (χ0n) is 11.4. The van der Waals surface area contributed by atoms with Gasteiger partial charge < -0.3 is 15.6 Å². The molecule has 19 heavy (non-hydrogen) atoms. The van der Waals surface area contributed by atoms with Gasteiger partial charge in [0.25, 0.3) is 0 Å². The van der Waals surface area contributed by atoms with Gasteiger partial charge in [0.2, 0.25) is 0 Å². The van der Waals surface area contributed by atoms with Crippen molar-refractivity contribution in [1.29, 1.82) is 0 Å². The zero-order valence-corrected chi connectivity index (χ0v) is 11.4. The van der Waals surface area contributed by atoms with Crippen LogP contribution in [0.15, 0.2) is 12.7 Å². The van der Waals surface area contributed by atoms with Crippen LogP contribution in [0.4, 0.5) is 5.82 Å². The fraction of sp³-hybridized carbons (Fsp3) is 0.615. The Morgan fingerprint density at radius 2 is 2.26 bits per heavy atom. The summed E-state index contributed by atoms with van der Waals surface area (Å²) >= 11 is 0. The summed E-state index contributed by atoms with van der Waals surface area (Å²) in [5.74, 6) is 0.825. The van der Waals surface area contributed by atoms with Crippen molar-refractivity contribution in [2.24, 2.45) is 5.41 Å². The van der Waals surface area contributed by atoms with Crippen molar-refractivity contribution < 1.29 is 0 Å². The van der Waals surface area contributed by atoms with Crippen LogP contribution in [0, 0.1) is 5.41 Å². The fourth-order valence-electron chi connectivity index (χ4n) is 2.72. The average Bonchev–Trinajstić information content (AvgIpc) is 2.86. The third kappa shape index (κ3) is 2.40. The van der Waals surface area contributed by atoms with Gasteiger partial charge in [0.05, 0.1) is 6.33 Å². The number of hydrogen-bond donors (Lipinski definition) is 3. The van der Waals surface area contributed by atoms with Gasteiger partial charge in [0, 0.05) is 12.6 Å². The van der Waals surface area contributed by atoms with Crippen LogP contribution in [-0.2, 0) is 0 Å².